The average molecular weight is 481 g/mol. The molecule has 0 aliphatic carbocycles. The fourth-order valence-electron chi connectivity index (χ4n) is 3.89. The van der Waals surface area contributed by atoms with Crippen molar-refractivity contribution in [3.8, 4) is 11.3 Å². The molecule has 1 fully saturated rings. The molecule has 0 spiro atoms. The van der Waals surface area contributed by atoms with E-state index in [0.29, 0.717) is 19.6 Å². The van der Waals surface area contributed by atoms with Crippen LogP contribution in [0.4, 0.5) is 0 Å². The van der Waals surface area contributed by atoms with E-state index in [-0.39, 0.29) is 12.0 Å². The Kier molecular flexibility index (Phi) is 7.20. The molecule has 1 atom stereocenters. The molecule has 0 N–H and O–H groups in total. The third-order valence-electron chi connectivity index (χ3n) is 5.69. The van der Waals surface area contributed by atoms with Crippen molar-refractivity contribution in [1.29, 1.82) is 0 Å². The van der Waals surface area contributed by atoms with Gasteiger partial charge in [-0.05, 0) is 35.8 Å². The molecule has 1 aliphatic rings. The van der Waals surface area contributed by atoms with Gasteiger partial charge in [0.15, 0.2) is 0 Å². The molecule has 1 saturated heterocycles. The van der Waals surface area contributed by atoms with E-state index < -0.39 is 11.8 Å². The molecule has 1 aromatic carbocycles. The summed E-state index contributed by atoms with van der Waals surface area (Å²) in [5, 5.41) is 0. The number of rotatable bonds is 7. The Bertz CT molecular complexity index is 1140. The van der Waals surface area contributed by atoms with Crippen molar-refractivity contribution in [1.82, 2.24) is 19.8 Å². The first kappa shape index (κ1) is 23.1. The van der Waals surface area contributed by atoms with Gasteiger partial charge in [-0.2, -0.15) is 0 Å². The molecule has 3 heterocycles. The number of carbonyl (C=O) groups excluding carboxylic acids is 2. The molecule has 33 heavy (non-hydrogen) atoms. The van der Waals surface area contributed by atoms with E-state index >= 15 is 0 Å². The molecule has 1 unspecified atom stereocenters. The van der Waals surface area contributed by atoms with Gasteiger partial charge in [-0.15, -0.1) is 11.3 Å². The highest BCUT2D eigenvalue weighted by atomic mass is 35.5. The number of aromatic nitrogens is 2. The lowest BCUT2D eigenvalue weighted by Gasteiger charge is -2.42. The highest BCUT2D eigenvalue weighted by Crippen LogP contribution is 2.25. The van der Waals surface area contributed by atoms with Crippen molar-refractivity contribution in [3.63, 3.8) is 0 Å². The summed E-state index contributed by atoms with van der Waals surface area (Å²) in [6, 6.07) is 13.5. The van der Waals surface area contributed by atoms with Gasteiger partial charge in [-0.25, -0.2) is 9.97 Å². The van der Waals surface area contributed by atoms with Gasteiger partial charge >= 0.3 is 11.8 Å². The lowest BCUT2D eigenvalue weighted by atomic mass is 9.97. The van der Waals surface area contributed by atoms with Crippen LogP contribution in [-0.2, 0) is 16.1 Å². The molecule has 0 bridgehead atoms. The fourth-order valence-corrected chi connectivity index (χ4v) is 4.88. The van der Waals surface area contributed by atoms with Crippen LogP contribution in [0, 0.1) is 5.92 Å². The van der Waals surface area contributed by atoms with Crippen molar-refractivity contribution in [3.05, 3.63) is 75.8 Å². The number of halogens is 1. The summed E-state index contributed by atoms with van der Waals surface area (Å²) in [4.78, 5) is 38.5. The van der Waals surface area contributed by atoms with E-state index in [9.17, 15) is 9.59 Å². The van der Waals surface area contributed by atoms with Crippen LogP contribution in [0.5, 0.6) is 0 Å². The van der Waals surface area contributed by atoms with Crippen LogP contribution in [0.25, 0.3) is 17.3 Å². The Labute approximate surface area is 202 Å². The first-order chi connectivity index (χ1) is 15.9. The zero-order valence-electron chi connectivity index (χ0n) is 18.5. The monoisotopic (exact) mass is 480 g/mol. The largest absolute Gasteiger partial charge is 0.329 e. The van der Waals surface area contributed by atoms with E-state index in [2.05, 4.69) is 23.8 Å². The number of hydrogen-bond donors (Lipinski definition) is 0. The molecule has 0 saturated carbocycles. The van der Waals surface area contributed by atoms with Crippen LogP contribution in [0.15, 0.2) is 61.1 Å². The predicted octanol–water partition coefficient (Wildman–Crippen LogP) is 4.77. The standard InChI is InChI=1S/C25H25ClN4O2S/c1-17(2)22-15-29(13-3-4-20-9-10-23(26)33-20)24(31)25(32)30(22)14-18-5-7-19(8-6-18)21-11-12-27-16-28-21/h3-12,16-17,22H,13-15H2,1-2H3/b4-3+. The second kappa shape index (κ2) is 10.3. The molecule has 2 aromatic heterocycles. The Balaban J connectivity index is 1.45. The van der Waals surface area contributed by atoms with Gasteiger partial charge in [-0.1, -0.05) is 55.8 Å². The summed E-state index contributed by atoms with van der Waals surface area (Å²) in [6.45, 7) is 5.47. The third-order valence-corrected chi connectivity index (χ3v) is 6.89. The number of hydrogen-bond acceptors (Lipinski definition) is 5. The number of nitrogens with zero attached hydrogens (tertiary/aromatic N) is 4. The van der Waals surface area contributed by atoms with Gasteiger partial charge < -0.3 is 9.80 Å². The van der Waals surface area contributed by atoms with Gasteiger partial charge in [0.1, 0.15) is 6.33 Å². The van der Waals surface area contributed by atoms with Gasteiger partial charge in [0.2, 0.25) is 0 Å². The smallest absolute Gasteiger partial charge is 0.312 e. The second-order valence-corrected chi connectivity index (χ2v) is 10.0. The van der Waals surface area contributed by atoms with Crippen LogP contribution in [-0.4, -0.2) is 50.7 Å². The van der Waals surface area contributed by atoms with Crippen molar-refractivity contribution in [2.75, 3.05) is 13.1 Å². The molecule has 170 valence electrons. The van der Waals surface area contributed by atoms with E-state index in [0.717, 1.165) is 26.0 Å². The van der Waals surface area contributed by atoms with E-state index in [1.807, 2.05) is 54.6 Å². The number of benzene rings is 1. The van der Waals surface area contributed by atoms with Gasteiger partial charge in [-0.3, -0.25) is 9.59 Å². The Morgan fingerprint density at radius 2 is 1.91 bits per heavy atom. The van der Waals surface area contributed by atoms with Crippen molar-refractivity contribution < 1.29 is 9.59 Å². The summed E-state index contributed by atoms with van der Waals surface area (Å²) in [5.74, 6) is -0.698. The Hall–Kier alpha value is -3.03. The maximum atomic E-state index is 13.1. The summed E-state index contributed by atoms with van der Waals surface area (Å²) in [7, 11) is 0. The summed E-state index contributed by atoms with van der Waals surface area (Å²) < 4.78 is 0.722. The average Bonchev–Trinajstić information content (AvgIpc) is 3.24. The normalized spacial score (nSPS) is 16.9. The molecule has 2 amide bonds. The van der Waals surface area contributed by atoms with Crippen molar-refractivity contribution in [2.45, 2.75) is 26.4 Å². The quantitative estimate of drug-likeness (QED) is 0.457. The number of thiophene rings is 1. The fraction of sp³-hybridized carbons (Fsp3) is 0.280. The van der Waals surface area contributed by atoms with Crippen molar-refractivity contribution >= 4 is 40.8 Å². The minimum absolute atomic E-state index is 0.0543. The van der Waals surface area contributed by atoms with E-state index in [4.69, 9.17) is 11.6 Å². The van der Waals surface area contributed by atoms with Crippen LogP contribution in [0.1, 0.15) is 24.3 Å². The molecule has 6 nitrogen and oxygen atoms in total. The van der Waals surface area contributed by atoms with E-state index in [1.165, 1.54) is 17.7 Å². The van der Waals surface area contributed by atoms with Gasteiger partial charge in [0.25, 0.3) is 0 Å². The zero-order valence-corrected chi connectivity index (χ0v) is 20.1. The van der Waals surface area contributed by atoms with Gasteiger partial charge in [0, 0.05) is 36.3 Å². The summed E-state index contributed by atoms with van der Waals surface area (Å²) in [6.07, 6.45) is 7.07. The molecule has 0 radical (unpaired) electrons. The minimum Gasteiger partial charge on any atom is -0.329 e. The Morgan fingerprint density at radius 3 is 2.55 bits per heavy atom. The maximum Gasteiger partial charge on any atom is 0.312 e. The number of piperazine rings is 1. The topological polar surface area (TPSA) is 66.4 Å². The molecule has 8 heteroatoms. The number of amides is 2. The molecule has 4 rings (SSSR count). The van der Waals surface area contributed by atoms with Gasteiger partial charge in [0.05, 0.1) is 16.1 Å². The van der Waals surface area contributed by atoms with Crippen molar-refractivity contribution in [2.24, 2.45) is 5.92 Å². The molecule has 3 aromatic rings. The first-order valence-corrected chi connectivity index (χ1v) is 12.0. The second-order valence-electron chi connectivity index (χ2n) is 8.29. The highest BCUT2D eigenvalue weighted by molar-refractivity contribution is 7.16. The third kappa shape index (κ3) is 5.49. The zero-order chi connectivity index (χ0) is 23.4. The highest BCUT2D eigenvalue weighted by Gasteiger charge is 2.39. The van der Waals surface area contributed by atoms with Crippen LogP contribution < -0.4 is 0 Å². The Morgan fingerprint density at radius 1 is 1.12 bits per heavy atom. The van der Waals surface area contributed by atoms with Crippen LogP contribution >= 0.6 is 22.9 Å². The van der Waals surface area contributed by atoms with Crippen LogP contribution in [0.3, 0.4) is 0 Å². The summed E-state index contributed by atoms with van der Waals surface area (Å²) in [5.41, 5.74) is 2.80. The maximum absolute atomic E-state index is 13.1. The molecular weight excluding hydrogens is 456 g/mol. The SMILES string of the molecule is CC(C)C1CN(C/C=C/c2ccc(Cl)s2)C(=O)C(=O)N1Cc1ccc(-c2ccncn2)cc1. The van der Waals surface area contributed by atoms with Crippen LogP contribution in [0.2, 0.25) is 4.34 Å². The summed E-state index contributed by atoms with van der Waals surface area (Å²) >= 11 is 7.45. The number of carbonyl (C=O) groups is 2. The molecular formula is C25H25ClN4O2S. The lowest BCUT2D eigenvalue weighted by Crippen LogP contribution is -2.60. The predicted molar refractivity (Wildman–Crippen MR) is 132 cm³/mol. The molecule has 1 aliphatic heterocycles. The van der Waals surface area contributed by atoms with E-state index in [1.54, 1.807) is 16.0 Å². The first-order valence-electron chi connectivity index (χ1n) is 10.8. The minimum atomic E-state index is -0.460. The lowest BCUT2D eigenvalue weighted by molar-refractivity contribution is -0.160.